The Kier molecular flexibility index (Phi) is 40.9. The number of esters is 1. The number of fused-ring (bicyclic) bond motifs is 2. The molecule has 25 unspecified atom stereocenters. The summed E-state index contributed by atoms with van der Waals surface area (Å²) in [4.78, 5) is 81.1. The third kappa shape index (κ3) is 30.1. The number of hydrogen-bond acceptors (Lipinski definition) is 19. The molecule has 102 heavy (non-hydrogen) atoms. The summed E-state index contributed by atoms with van der Waals surface area (Å²) < 4.78 is 24.2. The molecule has 2 heterocycles. The number of hydrogen-bond donors (Lipinski definition) is 13. The van der Waals surface area contributed by atoms with Gasteiger partial charge in [0.2, 0.25) is 17.7 Å². The van der Waals surface area contributed by atoms with Gasteiger partial charge in [-0.2, -0.15) is 0 Å². The van der Waals surface area contributed by atoms with Crippen LogP contribution in [0.5, 0.6) is 0 Å². The van der Waals surface area contributed by atoms with Crippen LogP contribution >= 0.6 is 0 Å². The van der Waals surface area contributed by atoms with Gasteiger partial charge in [0, 0.05) is 55.3 Å². The number of ketones is 1. The van der Waals surface area contributed by atoms with E-state index >= 15 is 0 Å². The van der Waals surface area contributed by atoms with Crippen LogP contribution in [0.1, 0.15) is 182 Å². The molecule has 0 aromatic heterocycles. The minimum absolute atomic E-state index is 0.0533. The van der Waals surface area contributed by atoms with E-state index in [0.29, 0.717) is 43.3 Å². The Labute approximate surface area is 608 Å². The fraction of sp³-hybridized carbons (Fsp3) is 0.722. The number of ether oxygens (including phenoxy) is 4. The molecular weight excluding hydrogens is 1310 g/mol. The summed E-state index contributed by atoms with van der Waals surface area (Å²) >= 11 is 0. The molecule has 2 bridgehead atoms. The zero-order valence-corrected chi connectivity index (χ0v) is 64.5. The summed E-state index contributed by atoms with van der Waals surface area (Å²) in [7, 11) is 3.13. The number of rotatable bonds is 26. The van der Waals surface area contributed by atoms with E-state index in [1.807, 2.05) is 78.8 Å². The van der Waals surface area contributed by atoms with Crippen molar-refractivity contribution in [3.05, 3.63) is 95.7 Å². The fourth-order valence-electron chi connectivity index (χ4n) is 13.5. The predicted molar refractivity (Wildman–Crippen MR) is 394 cm³/mol. The molecule has 2 rings (SSSR count). The molecule has 2 aliphatic rings. The van der Waals surface area contributed by atoms with Gasteiger partial charge in [-0.25, -0.2) is 9.59 Å². The molecular formula is C79H131N3O20. The molecule has 2 aliphatic heterocycles. The number of carboxylic acid groups (broad SMARTS) is 1. The number of methoxy groups -OCH3 is 2. The molecule has 0 aliphatic carbocycles. The minimum Gasteiger partial charge on any atom is -0.479 e. The van der Waals surface area contributed by atoms with Crippen LogP contribution in [0.4, 0.5) is 0 Å². The second-order valence-corrected chi connectivity index (χ2v) is 30.6. The standard InChI is InChI=1S/C79H131N3O20/c1-43(2)37-58(80-65(88)35-36-79(17,18)75(94)55(15)68(89)44(3)4)71(92)50(10)41-51(11)73(100-20)47(7)32-34-60(85)54(14)76(95)82-66(56(16)83)74-53(13)59(84)33-31-46(6)69(90)48(8)40-49(9)70(91)52(12)61(86)42-57-38-45(5)39-63(101-57)62(99-19)29-27-25-23-21-22-24-26-28-30-64(87)81-67(78(98)102-74)72(93)77(96)97/h23-31,35-36,40-41,43-45,47-48,50,52-63,66-74,83-86,89-93H,21-22,32-34,37-39,42H2,1-20H3,(H,80,88)(H,81,87)(H,82,95)(H,96,97)/b25-23?,26-24?,29-27?,30-28?,36-35+,46-31?,49-40?,51-41+. The normalized spacial score (nSPS) is 29.3. The highest BCUT2D eigenvalue weighted by Gasteiger charge is 2.44. The van der Waals surface area contributed by atoms with Crippen LogP contribution in [0.2, 0.25) is 0 Å². The van der Waals surface area contributed by atoms with Crippen molar-refractivity contribution >= 4 is 35.4 Å². The van der Waals surface area contributed by atoms with Crippen molar-refractivity contribution in [2.75, 3.05) is 14.2 Å². The quantitative estimate of drug-likeness (QED) is 0.0225. The lowest BCUT2D eigenvalue weighted by atomic mass is 9.77. The Morgan fingerprint density at radius 1 is 0.765 bits per heavy atom. The van der Waals surface area contributed by atoms with E-state index in [1.165, 1.54) is 46.1 Å². The SMILES string of the molecule is COC1C=CC=CCCC=CC=CC(=O)NC(C(O)C(=O)O)C(=O)OC(C(NC(=O)C(C)C(O)CCC(C)C(OC)/C(C)=C/C(C)C(O)C(CC(C)C)NC(=O)/C=C/C(C)(C)C(=O)C(C)C(O)C(C)C)C(C)O)C(C)C(O)CC=C(C)C(O)C(C)C=C(C)C(O)C(C)C(O)CC2CC(C)CC1O2. The number of aliphatic hydroxyl groups is 9. The van der Waals surface area contributed by atoms with Gasteiger partial charge >= 0.3 is 11.9 Å². The first-order chi connectivity index (χ1) is 47.5. The second-order valence-electron chi connectivity index (χ2n) is 30.6. The molecule has 25 atom stereocenters. The minimum atomic E-state index is -2.57. The number of carboxylic acids is 1. The fourth-order valence-corrected chi connectivity index (χ4v) is 13.5. The lowest BCUT2D eigenvalue weighted by Gasteiger charge is -2.38. The van der Waals surface area contributed by atoms with Crippen LogP contribution in [0.3, 0.4) is 0 Å². The molecule has 23 nitrogen and oxygen atoms in total. The van der Waals surface area contributed by atoms with Crippen LogP contribution < -0.4 is 16.0 Å². The Balaban J connectivity index is 2.53. The van der Waals surface area contributed by atoms with Gasteiger partial charge in [0.1, 0.15) is 18.0 Å². The Morgan fingerprint density at radius 3 is 1.95 bits per heavy atom. The van der Waals surface area contributed by atoms with E-state index in [2.05, 4.69) is 22.9 Å². The van der Waals surface area contributed by atoms with Gasteiger partial charge in [0.05, 0.1) is 85.1 Å². The van der Waals surface area contributed by atoms with Crippen molar-refractivity contribution in [2.45, 2.75) is 286 Å². The van der Waals surface area contributed by atoms with E-state index in [0.717, 1.165) is 18.1 Å². The van der Waals surface area contributed by atoms with Crippen LogP contribution in [0.25, 0.3) is 0 Å². The van der Waals surface area contributed by atoms with Crippen LogP contribution in [0.15, 0.2) is 95.7 Å². The average Bonchev–Trinajstić information content (AvgIpc) is 1.06. The second kappa shape index (κ2) is 45.1. The lowest BCUT2D eigenvalue weighted by molar-refractivity contribution is -0.170. The smallest absolute Gasteiger partial charge is 0.335 e. The number of Topliss-reactive ketones (excluding diaryl/α,β-unsaturated/α-hetero) is 1. The molecule has 13 N–H and O–H groups in total. The zero-order chi connectivity index (χ0) is 77.8. The van der Waals surface area contributed by atoms with Gasteiger partial charge in [-0.05, 0) is 146 Å². The van der Waals surface area contributed by atoms with Gasteiger partial charge < -0.3 is 86.0 Å². The number of allylic oxidation sites excluding steroid dienone is 7. The zero-order valence-electron chi connectivity index (χ0n) is 64.5. The van der Waals surface area contributed by atoms with Crippen LogP contribution in [0, 0.1) is 64.6 Å². The predicted octanol–water partition coefficient (Wildman–Crippen LogP) is 7.64. The van der Waals surface area contributed by atoms with Gasteiger partial charge in [-0.1, -0.05) is 150 Å². The van der Waals surface area contributed by atoms with Gasteiger partial charge in [0.15, 0.2) is 12.1 Å². The van der Waals surface area contributed by atoms with E-state index < -0.39 is 156 Å². The molecule has 0 aromatic carbocycles. The highest BCUT2D eigenvalue weighted by Crippen LogP contribution is 2.34. The molecule has 1 fully saturated rings. The third-order valence-electron chi connectivity index (χ3n) is 20.3. The summed E-state index contributed by atoms with van der Waals surface area (Å²) in [6.07, 6.45) is 9.36. The van der Waals surface area contributed by atoms with E-state index in [9.17, 15) is 79.8 Å². The molecule has 3 amide bonds. The summed E-state index contributed by atoms with van der Waals surface area (Å²) in [5.74, 6) is -10.8. The maximum Gasteiger partial charge on any atom is 0.335 e. The van der Waals surface area contributed by atoms with Crippen molar-refractivity contribution in [3.8, 4) is 0 Å². The van der Waals surface area contributed by atoms with Crippen LogP contribution in [-0.2, 0) is 47.7 Å². The van der Waals surface area contributed by atoms with Crippen molar-refractivity contribution in [3.63, 3.8) is 0 Å². The Morgan fingerprint density at radius 2 is 1.38 bits per heavy atom. The molecule has 0 spiro atoms. The number of aliphatic hydroxyl groups excluding tert-OH is 9. The van der Waals surface area contributed by atoms with Gasteiger partial charge in [-0.15, -0.1) is 0 Å². The van der Waals surface area contributed by atoms with Gasteiger partial charge in [0.25, 0.3) is 0 Å². The summed E-state index contributed by atoms with van der Waals surface area (Å²) in [6, 6.07) is -4.54. The highest BCUT2D eigenvalue weighted by atomic mass is 16.6. The number of amides is 3. The average molecular weight is 1440 g/mol. The van der Waals surface area contributed by atoms with Gasteiger partial charge in [-0.3, -0.25) is 19.2 Å². The molecule has 0 radical (unpaired) electrons. The maximum atomic E-state index is 14.4. The van der Waals surface area contributed by atoms with Crippen molar-refractivity contribution in [2.24, 2.45) is 64.6 Å². The molecule has 1 saturated heterocycles. The maximum absolute atomic E-state index is 14.4. The first kappa shape index (κ1) is 92.5. The third-order valence-corrected chi connectivity index (χ3v) is 20.3. The Bertz CT molecular complexity index is 2860. The van der Waals surface area contributed by atoms with E-state index in [1.54, 1.807) is 79.9 Å². The van der Waals surface area contributed by atoms with E-state index in [-0.39, 0.29) is 67.0 Å². The number of aliphatic carboxylic acids is 1. The summed E-state index contributed by atoms with van der Waals surface area (Å²) in [6.45, 7) is 31.3. The Hall–Kier alpha value is -5.54. The largest absolute Gasteiger partial charge is 0.479 e. The van der Waals surface area contributed by atoms with Crippen molar-refractivity contribution < 1.29 is 98.8 Å². The number of carbonyl (C=O) groups is 6. The molecule has 23 heteroatoms. The first-order valence-corrected chi connectivity index (χ1v) is 36.6. The number of nitrogens with one attached hydrogen (secondary N) is 3. The first-order valence-electron chi connectivity index (χ1n) is 36.6. The van der Waals surface area contributed by atoms with Crippen LogP contribution in [-0.4, -0.2) is 204 Å². The molecule has 582 valence electrons. The molecule has 0 aromatic rings. The number of carbonyl (C=O) groups excluding carboxylic acids is 5. The topological polar surface area (TPSA) is 378 Å². The molecule has 0 saturated carbocycles. The summed E-state index contributed by atoms with van der Waals surface area (Å²) in [5, 5.41) is 121. The highest BCUT2D eigenvalue weighted by molar-refractivity contribution is 5.94. The number of cyclic esters (lactones) is 1. The monoisotopic (exact) mass is 1440 g/mol. The van der Waals surface area contributed by atoms with Crippen molar-refractivity contribution in [1.29, 1.82) is 0 Å². The van der Waals surface area contributed by atoms with Crippen molar-refractivity contribution in [1.82, 2.24) is 16.0 Å². The van der Waals surface area contributed by atoms with E-state index in [4.69, 9.17) is 18.9 Å². The lowest BCUT2D eigenvalue weighted by Crippen LogP contribution is -2.59. The summed E-state index contributed by atoms with van der Waals surface area (Å²) in [5.41, 5.74) is 0.583.